The van der Waals surface area contributed by atoms with Crippen LogP contribution in [0.3, 0.4) is 0 Å². The van der Waals surface area contributed by atoms with Crippen molar-refractivity contribution in [3.63, 3.8) is 0 Å². The second-order valence-electron chi connectivity index (χ2n) is 5.77. The predicted molar refractivity (Wildman–Crippen MR) is 112 cm³/mol. The van der Waals surface area contributed by atoms with Gasteiger partial charge in [-0.15, -0.1) is 11.3 Å². The molecule has 0 saturated heterocycles. The van der Waals surface area contributed by atoms with E-state index in [0.29, 0.717) is 22.3 Å². The summed E-state index contributed by atoms with van der Waals surface area (Å²) in [6.07, 6.45) is 3.00. The molecular weight excluding hydrogens is 374 g/mol. The number of aromatic nitrogens is 1. The van der Waals surface area contributed by atoms with Crippen LogP contribution in [0.2, 0.25) is 0 Å². The van der Waals surface area contributed by atoms with E-state index in [1.54, 1.807) is 30.7 Å². The van der Waals surface area contributed by atoms with Gasteiger partial charge in [0, 0.05) is 18.4 Å². The van der Waals surface area contributed by atoms with Crippen LogP contribution < -0.4 is 15.0 Å². The summed E-state index contributed by atoms with van der Waals surface area (Å²) < 4.78 is 5.22. The molecule has 0 saturated carbocycles. The Hall–Kier alpha value is -3.45. The van der Waals surface area contributed by atoms with Gasteiger partial charge in [0.05, 0.1) is 24.2 Å². The summed E-state index contributed by atoms with van der Waals surface area (Å²) in [6.45, 7) is 1.49. The molecule has 1 aromatic heterocycles. The number of methoxy groups -OCH3 is 1. The lowest BCUT2D eigenvalue weighted by molar-refractivity contribution is -0.116. The largest absolute Gasteiger partial charge is 0.495 e. The summed E-state index contributed by atoms with van der Waals surface area (Å²) in [7, 11) is 1.55. The number of anilines is 3. The molecule has 0 spiro atoms. The predicted octanol–water partition coefficient (Wildman–Crippen LogP) is 4.49. The highest BCUT2D eigenvalue weighted by atomic mass is 32.1. The molecule has 0 bridgehead atoms. The van der Waals surface area contributed by atoms with Gasteiger partial charge in [-0.25, -0.2) is 4.98 Å². The molecule has 3 rings (SSSR count). The zero-order valence-corrected chi connectivity index (χ0v) is 16.3. The van der Waals surface area contributed by atoms with Crippen LogP contribution in [0, 0.1) is 0 Å². The normalized spacial score (nSPS) is 10.6. The van der Waals surface area contributed by atoms with Crippen LogP contribution >= 0.6 is 11.3 Å². The number of thiazole rings is 1. The average molecular weight is 393 g/mol. The molecule has 1 N–H and O–H groups in total. The maximum atomic E-state index is 12.2. The lowest BCUT2D eigenvalue weighted by atomic mass is 10.3. The third-order valence-corrected chi connectivity index (χ3v) is 4.64. The number of carbonyl (C=O) groups is 2. The molecule has 3 aromatic rings. The lowest BCUT2D eigenvalue weighted by Crippen LogP contribution is -2.22. The van der Waals surface area contributed by atoms with Gasteiger partial charge in [-0.3, -0.25) is 14.5 Å². The molecule has 142 valence electrons. The van der Waals surface area contributed by atoms with E-state index in [9.17, 15) is 9.59 Å². The number of nitrogens with zero attached hydrogens (tertiary/aromatic N) is 2. The number of nitrogens with one attached hydrogen (secondary N) is 1. The third-order valence-electron chi connectivity index (χ3n) is 3.80. The Morgan fingerprint density at radius 1 is 1.11 bits per heavy atom. The number of rotatable bonds is 6. The molecule has 7 heteroatoms. The summed E-state index contributed by atoms with van der Waals surface area (Å²) in [6, 6.07) is 16.5. The van der Waals surface area contributed by atoms with Gasteiger partial charge in [0.1, 0.15) is 5.75 Å². The highest BCUT2D eigenvalue weighted by molar-refractivity contribution is 7.14. The van der Waals surface area contributed by atoms with Gasteiger partial charge in [-0.05, 0) is 30.3 Å². The van der Waals surface area contributed by atoms with E-state index < -0.39 is 0 Å². The van der Waals surface area contributed by atoms with Gasteiger partial charge >= 0.3 is 0 Å². The number of hydrogen-bond donors (Lipinski definition) is 1. The van der Waals surface area contributed by atoms with Gasteiger partial charge < -0.3 is 10.1 Å². The third kappa shape index (κ3) is 4.63. The van der Waals surface area contributed by atoms with Gasteiger partial charge in [0.25, 0.3) is 0 Å². The molecule has 0 aliphatic carbocycles. The Balaban J connectivity index is 1.73. The van der Waals surface area contributed by atoms with Crippen LogP contribution in [0.15, 0.2) is 66.1 Å². The summed E-state index contributed by atoms with van der Waals surface area (Å²) in [5.41, 5.74) is 1.93. The first-order valence-corrected chi connectivity index (χ1v) is 9.40. The van der Waals surface area contributed by atoms with Crippen LogP contribution in [0.5, 0.6) is 5.75 Å². The maximum Gasteiger partial charge on any atom is 0.248 e. The number of para-hydroxylation sites is 3. The summed E-state index contributed by atoms with van der Waals surface area (Å²) >= 11 is 1.33. The summed E-state index contributed by atoms with van der Waals surface area (Å²) in [5, 5.41) is 5.10. The molecule has 6 nitrogen and oxygen atoms in total. The first-order valence-electron chi connectivity index (χ1n) is 8.52. The van der Waals surface area contributed by atoms with Gasteiger partial charge in [-0.2, -0.15) is 0 Å². The first-order chi connectivity index (χ1) is 13.6. The highest BCUT2D eigenvalue weighted by Crippen LogP contribution is 2.29. The van der Waals surface area contributed by atoms with Gasteiger partial charge in [0.2, 0.25) is 11.8 Å². The minimum atomic E-state index is -0.300. The Morgan fingerprint density at radius 2 is 1.82 bits per heavy atom. The molecule has 28 heavy (non-hydrogen) atoms. The van der Waals surface area contributed by atoms with E-state index in [4.69, 9.17) is 4.74 Å². The van der Waals surface area contributed by atoms with Crippen molar-refractivity contribution >= 4 is 45.7 Å². The van der Waals surface area contributed by atoms with Crippen molar-refractivity contribution in [1.82, 2.24) is 4.98 Å². The fraction of sp³-hybridized carbons (Fsp3) is 0.0952. The maximum absolute atomic E-state index is 12.2. The van der Waals surface area contributed by atoms with Crippen molar-refractivity contribution < 1.29 is 14.3 Å². The Morgan fingerprint density at radius 3 is 2.54 bits per heavy atom. The van der Waals surface area contributed by atoms with E-state index in [0.717, 1.165) is 5.69 Å². The van der Waals surface area contributed by atoms with E-state index in [1.165, 1.54) is 29.2 Å². The molecule has 0 aliphatic rings. The van der Waals surface area contributed by atoms with Crippen molar-refractivity contribution in [2.24, 2.45) is 0 Å². The van der Waals surface area contributed by atoms with E-state index in [2.05, 4.69) is 10.3 Å². The number of amides is 2. The summed E-state index contributed by atoms with van der Waals surface area (Å²) in [5.74, 6) is 0.149. The van der Waals surface area contributed by atoms with Crippen LogP contribution in [-0.4, -0.2) is 23.9 Å². The standard InChI is InChI=1S/C21H19N3O3S/c1-15(25)24(17-8-4-3-5-9-17)21-22-16(14-28-21)12-13-20(26)23-18-10-6-7-11-19(18)27-2/h3-14H,1-2H3,(H,23,26). The topological polar surface area (TPSA) is 71.5 Å². The Kier molecular flexibility index (Phi) is 6.18. The summed E-state index contributed by atoms with van der Waals surface area (Å²) in [4.78, 5) is 30.3. The van der Waals surface area contributed by atoms with Crippen LogP contribution in [0.1, 0.15) is 12.6 Å². The van der Waals surface area contributed by atoms with Gasteiger partial charge in [0.15, 0.2) is 5.13 Å². The van der Waals surface area contributed by atoms with E-state index >= 15 is 0 Å². The fourth-order valence-electron chi connectivity index (χ4n) is 2.54. The van der Waals surface area contributed by atoms with Gasteiger partial charge in [-0.1, -0.05) is 30.3 Å². The smallest absolute Gasteiger partial charge is 0.248 e. The molecule has 0 atom stereocenters. The average Bonchev–Trinajstić information content (AvgIpc) is 3.16. The zero-order valence-electron chi connectivity index (χ0n) is 15.5. The lowest BCUT2D eigenvalue weighted by Gasteiger charge is -2.17. The molecule has 0 aliphatic heterocycles. The van der Waals surface area contributed by atoms with E-state index in [-0.39, 0.29) is 11.8 Å². The second-order valence-corrected chi connectivity index (χ2v) is 6.60. The second kappa shape index (κ2) is 8.96. The minimum Gasteiger partial charge on any atom is -0.495 e. The first kappa shape index (κ1) is 19.3. The zero-order chi connectivity index (χ0) is 19.9. The minimum absolute atomic E-state index is 0.134. The number of benzene rings is 2. The molecule has 0 radical (unpaired) electrons. The number of ether oxygens (including phenoxy) is 1. The molecule has 0 unspecified atom stereocenters. The highest BCUT2D eigenvalue weighted by Gasteiger charge is 2.17. The fourth-order valence-corrected chi connectivity index (χ4v) is 3.40. The molecule has 2 aromatic carbocycles. The number of hydrogen-bond acceptors (Lipinski definition) is 5. The monoisotopic (exact) mass is 393 g/mol. The molecule has 0 fully saturated rings. The number of carbonyl (C=O) groups excluding carboxylic acids is 2. The van der Waals surface area contributed by atoms with Crippen molar-refractivity contribution in [2.75, 3.05) is 17.3 Å². The van der Waals surface area contributed by atoms with Crippen LogP contribution in [-0.2, 0) is 9.59 Å². The van der Waals surface area contributed by atoms with Crippen LogP contribution in [0.4, 0.5) is 16.5 Å². The van der Waals surface area contributed by atoms with Crippen molar-refractivity contribution in [2.45, 2.75) is 6.92 Å². The van der Waals surface area contributed by atoms with Crippen molar-refractivity contribution in [3.05, 3.63) is 71.7 Å². The van der Waals surface area contributed by atoms with Crippen molar-refractivity contribution in [3.8, 4) is 5.75 Å². The SMILES string of the molecule is COc1ccccc1NC(=O)C=Cc1csc(N(C(C)=O)c2ccccc2)n1. The van der Waals surface area contributed by atoms with E-state index in [1.807, 2.05) is 42.5 Å². The van der Waals surface area contributed by atoms with Crippen molar-refractivity contribution in [1.29, 1.82) is 0 Å². The Labute approximate surface area is 167 Å². The van der Waals surface area contributed by atoms with Crippen LogP contribution in [0.25, 0.3) is 6.08 Å². The molecule has 1 heterocycles. The molecule has 2 amide bonds. The Bertz CT molecular complexity index is 999. The molecular formula is C21H19N3O3S. The quantitative estimate of drug-likeness (QED) is 0.627.